The van der Waals surface area contributed by atoms with Gasteiger partial charge in [-0.3, -0.25) is 4.79 Å². The summed E-state index contributed by atoms with van der Waals surface area (Å²) in [5, 5.41) is 2.14. The zero-order valence-electron chi connectivity index (χ0n) is 24.6. The summed E-state index contributed by atoms with van der Waals surface area (Å²) in [5.41, 5.74) is 18.5. The van der Waals surface area contributed by atoms with Crippen molar-refractivity contribution >= 4 is 33.5 Å². The molecule has 4 N–H and O–H groups in total. The Balaban J connectivity index is 1.21. The number of aryl methyl sites for hydroxylation is 1. The van der Waals surface area contributed by atoms with E-state index in [2.05, 4.69) is 40.7 Å². The van der Waals surface area contributed by atoms with E-state index in [9.17, 15) is 4.79 Å². The number of nitrogens with two attached hydrogens (primary N) is 2. The third-order valence-electron chi connectivity index (χ3n) is 10.5. The molecule has 2 bridgehead atoms. The maximum Gasteiger partial charge on any atom is 0.254 e. The molecule has 4 aliphatic rings. The molecule has 4 aromatic rings. The highest BCUT2D eigenvalue weighted by molar-refractivity contribution is 6.02. The molecule has 1 amide bonds. The van der Waals surface area contributed by atoms with Gasteiger partial charge in [0.2, 0.25) is 0 Å². The third-order valence-corrected chi connectivity index (χ3v) is 10.5. The quantitative estimate of drug-likeness (QED) is 0.329. The molecule has 2 unspecified atom stereocenters. The van der Waals surface area contributed by atoms with E-state index in [0.717, 1.165) is 74.3 Å². The highest BCUT2D eigenvalue weighted by Crippen LogP contribution is 2.44. The molecule has 3 atom stereocenters. The summed E-state index contributed by atoms with van der Waals surface area (Å²) in [5.74, 6) is 2.64. The van der Waals surface area contributed by atoms with Gasteiger partial charge in [0, 0.05) is 66.5 Å². The molecule has 2 saturated carbocycles. The highest BCUT2D eigenvalue weighted by Gasteiger charge is 2.47. The first-order valence-electron chi connectivity index (χ1n) is 15.7. The van der Waals surface area contributed by atoms with Gasteiger partial charge in [0.1, 0.15) is 11.3 Å². The van der Waals surface area contributed by atoms with E-state index in [-0.39, 0.29) is 18.0 Å². The summed E-state index contributed by atoms with van der Waals surface area (Å²) in [6.45, 7) is 5.81. The summed E-state index contributed by atoms with van der Waals surface area (Å²) in [6, 6.07) is 13.4. The third kappa shape index (κ3) is 4.14. The number of hydrogen-bond donors (Lipinski definition) is 2. The number of carbonyl (C=O) groups excluding carboxylic acids is 1. The van der Waals surface area contributed by atoms with Crippen molar-refractivity contribution in [1.82, 2.24) is 9.47 Å². The standard InChI is InChI=1S/C34H41N5O3/c1-19-31-29(41-2)14-23(34(40)39-18-22-6-8-26(39)32(22)36)15-30(31)42-33(19)28-13-21-5-7-25(37-11-9-24(35)10-12-37)16-27(21)38(28)17-20-3-4-20/h5,7,13-16,20,22,24,26,32H,3-4,6,8-12,17-18,35-36H2,1-2H3/t22?,26?,32-/m1/s1. The number of rotatable bonds is 6. The van der Waals surface area contributed by atoms with Crippen LogP contribution in [-0.4, -0.2) is 60.2 Å². The van der Waals surface area contributed by atoms with E-state index >= 15 is 0 Å². The van der Waals surface area contributed by atoms with Gasteiger partial charge < -0.3 is 35.0 Å². The summed E-state index contributed by atoms with van der Waals surface area (Å²) < 4.78 is 15.0. The number of benzene rings is 2. The number of likely N-dealkylation sites (tertiary alicyclic amines) is 1. The van der Waals surface area contributed by atoms with Crippen molar-refractivity contribution in [3.05, 3.63) is 47.5 Å². The van der Waals surface area contributed by atoms with Crippen molar-refractivity contribution in [2.45, 2.75) is 70.1 Å². The van der Waals surface area contributed by atoms with Crippen molar-refractivity contribution < 1.29 is 13.9 Å². The Morgan fingerprint density at radius 3 is 2.52 bits per heavy atom. The molecule has 220 valence electrons. The molecule has 8 rings (SSSR count). The van der Waals surface area contributed by atoms with E-state index in [4.69, 9.17) is 20.6 Å². The second kappa shape index (κ2) is 9.78. The van der Waals surface area contributed by atoms with Crippen LogP contribution in [0.25, 0.3) is 33.3 Å². The average Bonchev–Trinajstić information content (AvgIpc) is 3.41. The molecule has 8 heteroatoms. The zero-order chi connectivity index (χ0) is 28.7. The lowest BCUT2D eigenvalue weighted by Crippen LogP contribution is -2.41. The predicted molar refractivity (Wildman–Crippen MR) is 166 cm³/mol. The Bertz CT molecular complexity index is 1690. The fraction of sp³-hybridized carbons (Fsp3) is 0.500. The molecular formula is C34H41N5O3. The Hall–Kier alpha value is -3.49. The molecule has 2 aliphatic carbocycles. The van der Waals surface area contributed by atoms with Gasteiger partial charge in [0.15, 0.2) is 5.76 Å². The molecule has 4 fully saturated rings. The van der Waals surface area contributed by atoms with Crippen molar-refractivity contribution in [3.63, 3.8) is 0 Å². The van der Waals surface area contributed by atoms with Gasteiger partial charge in [-0.2, -0.15) is 0 Å². The summed E-state index contributed by atoms with van der Waals surface area (Å²) in [7, 11) is 1.67. The normalized spacial score (nSPS) is 24.4. The minimum atomic E-state index is 0.0162. The molecule has 2 aromatic carbocycles. The second-order valence-corrected chi connectivity index (χ2v) is 13.2. The number of anilines is 1. The van der Waals surface area contributed by atoms with Crippen LogP contribution in [0.1, 0.15) is 54.4 Å². The molecular weight excluding hydrogens is 526 g/mol. The van der Waals surface area contributed by atoms with Crippen LogP contribution in [0.5, 0.6) is 5.75 Å². The molecule has 0 radical (unpaired) electrons. The van der Waals surface area contributed by atoms with Crippen LogP contribution in [-0.2, 0) is 6.54 Å². The lowest BCUT2D eigenvalue weighted by molar-refractivity contribution is 0.0700. The topological polar surface area (TPSA) is 103 Å². The van der Waals surface area contributed by atoms with Crippen LogP contribution in [0.3, 0.4) is 0 Å². The number of furan rings is 1. The fourth-order valence-corrected chi connectivity index (χ4v) is 7.86. The minimum Gasteiger partial charge on any atom is -0.496 e. The first-order valence-corrected chi connectivity index (χ1v) is 15.7. The smallest absolute Gasteiger partial charge is 0.254 e. The number of fused-ring (bicyclic) bond motifs is 4. The number of methoxy groups -OCH3 is 1. The average molecular weight is 568 g/mol. The van der Waals surface area contributed by atoms with E-state index in [1.165, 1.54) is 29.4 Å². The molecule has 4 heterocycles. The largest absolute Gasteiger partial charge is 0.496 e. The molecule has 2 saturated heterocycles. The number of piperidine rings is 2. The van der Waals surface area contributed by atoms with Gasteiger partial charge in [0.25, 0.3) is 5.91 Å². The first kappa shape index (κ1) is 26.2. The van der Waals surface area contributed by atoms with Crippen LogP contribution in [0.2, 0.25) is 0 Å². The maximum atomic E-state index is 13.7. The van der Waals surface area contributed by atoms with E-state index in [0.29, 0.717) is 34.8 Å². The molecule has 42 heavy (non-hydrogen) atoms. The molecule has 0 spiro atoms. The fourth-order valence-electron chi connectivity index (χ4n) is 7.86. The predicted octanol–water partition coefficient (Wildman–Crippen LogP) is 5.27. The van der Waals surface area contributed by atoms with Crippen LogP contribution >= 0.6 is 0 Å². The molecule has 2 aliphatic heterocycles. The Kier molecular flexibility index (Phi) is 6.09. The van der Waals surface area contributed by atoms with Crippen molar-refractivity contribution in [2.75, 3.05) is 31.6 Å². The second-order valence-electron chi connectivity index (χ2n) is 13.2. The van der Waals surface area contributed by atoms with Gasteiger partial charge in [-0.05, 0) is 87.6 Å². The number of carbonyl (C=O) groups is 1. The van der Waals surface area contributed by atoms with Gasteiger partial charge in [-0.1, -0.05) is 6.07 Å². The van der Waals surface area contributed by atoms with Gasteiger partial charge in [-0.15, -0.1) is 0 Å². The van der Waals surface area contributed by atoms with Gasteiger partial charge in [0.05, 0.1) is 23.7 Å². The minimum absolute atomic E-state index is 0.0162. The van der Waals surface area contributed by atoms with Gasteiger partial charge in [-0.25, -0.2) is 0 Å². The SMILES string of the molecule is COc1cc(C(=O)N2CC3CCC2[C@@H]3N)cc2oc(-c3cc4ccc(N5CCC(N)CC5)cc4n3CC3CC3)c(C)c12. The summed E-state index contributed by atoms with van der Waals surface area (Å²) >= 11 is 0. The van der Waals surface area contributed by atoms with Crippen molar-refractivity contribution in [3.8, 4) is 17.2 Å². The highest BCUT2D eigenvalue weighted by atomic mass is 16.5. The van der Waals surface area contributed by atoms with E-state index in [1.54, 1.807) is 7.11 Å². The Morgan fingerprint density at radius 2 is 1.83 bits per heavy atom. The van der Waals surface area contributed by atoms with Crippen molar-refractivity contribution in [2.24, 2.45) is 23.3 Å². The van der Waals surface area contributed by atoms with E-state index in [1.807, 2.05) is 17.0 Å². The lowest BCUT2D eigenvalue weighted by atomic mass is 10.0. The summed E-state index contributed by atoms with van der Waals surface area (Å²) in [6.07, 6.45) is 6.69. The van der Waals surface area contributed by atoms with E-state index < -0.39 is 0 Å². The number of ether oxygens (including phenoxy) is 1. The molecule has 2 aromatic heterocycles. The number of nitrogens with zero attached hydrogens (tertiary/aromatic N) is 3. The number of aromatic nitrogens is 1. The Labute approximate surface area is 246 Å². The van der Waals surface area contributed by atoms with Crippen molar-refractivity contribution in [1.29, 1.82) is 0 Å². The van der Waals surface area contributed by atoms with Crippen LogP contribution in [0.4, 0.5) is 5.69 Å². The monoisotopic (exact) mass is 567 g/mol. The van der Waals surface area contributed by atoms with Crippen LogP contribution in [0, 0.1) is 18.8 Å². The number of hydrogen-bond acceptors (Lipinski definition) is 6. The number of amides is 1. The first-order chi connectivity index (χ1) is 20.4. The molecule has 8 nitrogen and oxygen atoms in total. The summed E-state index contributed by atoms with van der Waals surface area (Å²) in [4.78, 5) is 18.1. The zero-order valence-corrected chi connectivity index (χ0v) is 24.6. The maximum absolute atomic E-state index is 13.7. The van der Waals surface area contributed by atoms with Gasteiger partial charge >= 0.3 is 0 Å². The lowest BCUT2D eigenvalue weighted by Gasteiger charge is -2.32. The van der Waals surface area contributed by atoms with Crippen LogP contribution < -0.4 is 21.1 Å². The Morgan fingerprint density at radius 1 is 1.02 bits per heavy atom. The van der Waals surface area contributed by atoms with Crippen LogP contribution in [0.15, 0.2) is 40.8 Å².